The number of allylic oxidation sites excluding steroid dienone is 1. The number of carbonyl (C=O) groups is 1. The van der Waals surface area contributed by atoms with Gasteiger partial charge in [-0.1, -0.05) is 20.8 Å². The van der Waals surface area contributed by atoms with Crippen LogP contribution in [-0.4, -0.2) is 24.0 Å². The SMILES string of the molecule is CCC1C(NC(C)C)=NC2=C1C(=O)N=CC2C(C)C. The Morgan fingerprint density at radius 2 is 2.00 bits per heavy atom. The molecule has 2 heterocycles. The van der Waals surface area contributed by atoms with E-state index in [4.69, 9.17) is 4.99 Å². The van der Waals surface area contributed by atoms with Crippen molar-refractivity contribution >= 4 is 18.0 Å². The number of amides is 1. The minimum Gasteiger partial charge on any atom is -0.371 e. The number of hydrogen-bond donors (Lipinski definition) is 1. The van der Waals surface area contributed by atoms with Crippen LogP contribution < -0.4 is 5.32 Å². The fourth-order valence-corrected chi connectivity index (χ4v) is 2.70. The summed E-state index contributed by atoms with van der Waals surface area (Å²) in [5.74, 6) is 1.48. The summed E-state index contributed by atoms with van der Waals surface area (Å²) in [5.41, 5.74) is 1.75. The summed E-state index contributed by atoms with van der Waals surface area (Å²) < 4.78 is 0. The van der Waals surface area contributed by atoms with Crippen LogP contribution in [0.2, 0.25) is 0 Å². The summed E-state index contributed by atoms with van der Waals surface area (Å²) in [5, 5.41) is 3.38. The number of amidine groups is 1. The van der Waals surface area contributed by atoms with Gasteiger partial charge >= 0.3 is 0 Å². The first-order valence-corrected chi connectivity index (χ1v) is 7.13. The van der Waals surface area contributed by atoms with Crippen LogP contribution in [0.25, 0.3) is 0 Å². The summed E-state index contributed by atoms with van der Waals surface area (Å²) in [4.78, 5) is 20.9. The average Bonchev–Trinajstić information content (AvgIpc) is 2.66. The van der Waals surface area contributed by atoms with E-state index in [1.165, 1.54) is 0 Å². The molecule has 1 amide bonds. The molecule has 1 N–H and O–H groups in total. The molecule has 0 radical (unpaired) electrons. The Labute approximate surface area is 115 Å². The molecule has 4 heteroatoms. The van der Waals surface area contributed by atoms with Crippen molar-refractivity contribution in [2.45, 2.75) is 47.1 Å². The van der Waals surface area contributed by atoms with E-state index < -0.39 is 0 Å². The van der Waals surface area contributed by atoms with Gasteiger partial charge in [-0.2, -0.15) is 0 Å². The molecule has 0 aromatic carbocycles. The molecule has 2 unspecified atom stereocenters. The van der Waals surface area contributed by atoms with Gasteiger partial charge in [0.1, 0.15) is 5.84 Å². The fraction of sp³-hybridized carbons (Fsp3) is 0.667. The second-order valence-electron chi connectivity index (χ2n) is 5.91. The van der Waals surface area contributed by atoms with Crippen molar-refractivity contribution in [3.8, 4) is 0 Å². The minimum absolute atomic E-state index is 0.0867. The molecule has 4 nitrogen and oxygen atoms in total. The Morgan fingerprint density at radius 1 is 1.32 bits per heavy atom. The van der Waals surface area contributed by atoms with E-state index in [9.17, 15) is 4.79 Å². The molecule has 104 valence electrons. The lowest BCUT2D eigenvalue weighted by molar-refractivity contribution is -0.114. The molecule has 0 aromatic heterocycles. The van der Waals surface area contributed by atoms with Crippen molar-refractivity contribution in [2.24, 2.45) is 27.7 Å². The van der Waals surface area contributed by atoms with E-state index >= 15 is 0 Å². The van der Waals surface area contributed by atoms with E-state index in [2.05, 4.69) is 44.9 Å². The van der Waals surface area contributed by atoms with Crippen LogP contribution in [0, 0.1) is 17.8 Å². The van der Waals surface area contributed by atoms with E-state index in [0.717, 1.165) is 23.5 Å². The van der Waals surface area contributed by atoms with Crippen molar-refractivity contribution in [3.63, 3.8) is 0 Å². The van der Waals surface area contributed by atoms with E-state index in [-0.39, 0.29) is 17.7 Å². The average molecular weight is 261 g/mol. The lowest BCUT2D eigenvalue weighted by Gasteiger charge is -2.21. The molecule has 0 spiro atoms. The number of dihydropyridines is 1. The Bertz CT molecular complexity index is 472. The molecule has 2 aliphatic rings. The predicted molar refractivity (Wildman–Crippen MR) is 78.3 cm³/mol. The molecule has 2 atom stereocenters. The van der Waals surface area contributed by atoms with Crippen LogP contribution in [0.15, 0.2) is 21.3 Å². The Hall–Kier alpha value is -1.45. The zero-order valence-corrected chi connectivity index (χ0v) is 12.4. The minimum atomic E-state index is -0.108. The smallest absolute Gasteiger partial charge is 0.275 e. The molecule has 0 aliphatic carbocycles. The molecule has 0 saturated carbocycles. The van der Waals surface area contributed by atoms with Gasteiger partial charge in [0.15, 0.2) is 0 Å². The number of rotatable bonds is 3. The van der Waals surface area contributed by atoms with Crippen LogP contribution >= 0.6 is 0 Å². The first-order valence-electron chi connectivity index (χ1n) is 7.13. The third kappa shape index (κ3) is 2.48. The van der Waals surface area contributed by atoms with Crippen LogP contribution in [0.1, 0.15) is 41.0 Å². The first kappa shape index (κ1) is 14.0. The van der Waals surface area contributed by atoms with Crippen molar-refractivity contribution in [3.05, 3.63) is 11.3 Å². The summed E-state index contributed by atoms with van der Waals surface area (Å²) in [7, 11) is 0. The molecule has 0 fully saturated rings. The topological polar surface area (TPSA) is 53.8 Å². The van der Waals surface area contributed by atoms with E-state index in [1.807, 2.05) is 0 Å². The Balaban J connectivity index is 2.38. The third-order valence-corrected chi connectivity index (χ3v) is 3.66. The van der Waals surface area contributed by atoms with Gasteiger partial charge in [-0.25, -0.2) is 9.98 Å². The summed E-state index contributed by atoms with van der Waals surface area (Å²) in [6.45, 7) is 10.5. The van der Waals surface area contributed by atoms with Crippen LogP contribution in [0.3, 0.4) is 0 Å². The zero-order valence-electron chi connectivity index (χ0n) is 12.4. The molecular formula is C15H23N3O. The van der Waals surface area contributed by atoms with Gasteiger partial charge in [0.05, 0.1) is 11.3 Å². The molecule has 19 heavy (non-hydrogen) atoms. The summed E-state index contributed by atoms with van der Waals surface area (Å²) in [6, 6.07) is 0.322. The normalized spacial score (nSPS) is 26.3. The Kier molecular flexibility index (Phi) is 3.88. The van der Waals surface area contributed by atoms with Crippen molar-refractivity contribution in [1.29, 1.82) is 0 Å². The molecular weight excluding hydrogens is 238 g/mol. The second kappa shape index (κ2) is 5.27. The maximum absolute atomic E-state index is 12.1. The van der Waals surface area contributed by atoms with E-state index in [0.29, 0.717) is 12.0 Å². The number of nitrogens with one attached hydrogen (secondary N) is 1. The third-order valence-electron chi connectivity index (χ3n) is 3.66. The maximum atomic E-state index is 12.1. The van der Waals surface area contributed by atoms with Gasteiger partial charge in [0.2, 0.25) is 0 Å². The van der Waals surface area contributed by atoms with Gasteiger partial charge in [-0.3, -0.25) is 4.79 Å². The lowest BCUT2D eigenvalue weighted by Crippen LogP contribution is -2.35. The highest BCUT2D eigenvalue weighted by Crippen LogP contribution is 2.37. The molecule has 0 aromatic rings. The number of aliphatic imine (C=N–C) groups is 2. The quantitative estimate of drug-likeness (QED) is 0.849. The molecule has 0 bridgehead atoms. The van der Waals surface area contributed by atoms with Crippen molar-refractivity contribution in [2.75, 3.05) is 0 Å². The summed E-state index contributed by atoms with van der Waals surface area (Å²) >= 11 is 0. The lowest BCUT2D eigenvalue weighted by atomic mass is 9.85. The predicted octanol–water partition coefficient (Wildman–Crippen LogP) is 2.56. The molecule has 0 saturated heterocycles. The largest absolute Gasteiger partial charge is 0.371 e. The highest BCUT2D eigenvalue weighted by molar-refractivity contribution is 6.10. The van der Waals surface area contributed by atoms with Gasteiger partial charge < -0.3 is 5.32 Å². The highest BCUT2D eigenvalue weighted by atomic mass is 16.1. The number of hydrogen-bond acceptors (Lipinski definition) is 3. The van der Waals surface area contributed by atoms with Crippen LogP contribution in [-0.2, 0) is 4.79 Å². The molecule has 2 aliphatic heterocycles. The monoisotopic (exact) mass is 261 g/mol. The van der Waals surface area contributed by atoms with Gasteiger partial charge in [0, 0.05) is 24.1 Å². The summed E-state index contributed by atoms with van der Waals surface area (Å²) in [6.07, 6.45) is 2.64. The van der Waals surface area contributed by atoms with Crippen molar-refractivity contribution in [1.82, 2.24) is 5.32 Å². The van der Waals surface area contributed by atoms with Crippen LogP contribution in [0.5, 0.6) is 0 Å². The number of carbonyl (C=O) groups excluding carboxylic acids is 1. The fourth-order valence-electron chi connectivity index (χ4n) is 2.70. The maximum Gasteiger partial charge on any atom is 0.275 e. The number of nitrogens with zero attached hydrogens (tertiary/aromatic N) is 2. The van der Waals surface area contributed by atoms with Gasteiger partial charge in [-0.05, 0) is 26.2 Å². The van der Waals surface area contributed by atoms with Gasteiger partial charge in [0.25, 0.3) is 5.91 Å². The second-order valence-corrected chi connectivity index (χ2v) is 5.91. The zero-order chi connectivity index (χ0) is 14.2. The van der Waals surface area contributed by atoms with Gasteiger partial charge in [-0.15, -0.1) is 0 Å². The van der Waals surface area contributed by atoms with Crippen LogP contribution in [0.4, 0.5) is 0 Å². The standard InChI is InChI=1S/C15H23N3O/c1-6-10-12-13(18-14(10)17-9(4)5)11(8(2)3)7-16-15(12)19/h7-11H,6H2,1-5H3,(H,17,18). The first-order chi connectivity index (χ1) is 8.95. The van der Waals surface area contributed by atoms with Crippen molar-refractivity contribution < 1.29 is 4.79 Å². The highest BCUT2D eigenvalue weighted by Gasteiger charge is 2.38. The Morgan fingerprint density at radius 3 is 2.53 bits per heavy atom. The van der Waals surface area contributed by atoms with E-state index in [1.54, 1.807) is 6.21 Å². The molecule has 2 rings (SSSR count).